The average Bonchev–Trinajstić information content (AvgIpc) is 2.55. The molecule has 2 nitrogen and oxygen atoms in total. The smallest absolute Gasteiger partial charge is 0.262 e. The van der Waals surface area contributed by atoms with Crippen LogP contribution in [0.5, 0.6) is 0 Å². The molecule has 0 saturated heterocycles. The van der Waals surface area contributed by atoms with Gasteiger partial charge in [-0.3, -0.25) is 4.98 Å². The van der Waals surface area contributed by atoms with Gasteiger partial charge < -0.3 is 5.32 Å². The van der Waals surface area contributed by atoms with Crippen molar-refractivity contribution in [2.75, 3.05) is 5.32 Å². The molecule has 1 aromatic heterocycles. The first kappa shape index (κ1) is 17.0. The maximum absolute atomic E-state index is 14.0. The lowest BCUT2D eigenvalue weighted by Gasteiger charge is -2.22. The number of hydrogen-bond acceptors (Lipinski definition) is 2. The fraction of sp³-hybridized carbons (Fsp3) is 0.118. The molecular weight excluding hydrogens is 405 g/mol. The Balaban J connectivity index is 2.11. The number of halogens is 5. The minimum absolute atomic E-state index is 0.122. The van der Waals surface area contributed by atoms with Crippen LogP contribution in [0, 0.1) is 5.82 Å². The molecule has 0 saturated carbocycles. The normalized spacial score (nSPS) is 12.6. The lowest BCUT2D eigenvalue weighted by molar-refractivity contribution is 0.123. The van der Waals surface area contributed by atoms with Crippen LogP contribution in [0.3, 0.4) is 0 Å². The number of hydrogen-bond donors (Lipinski definition) is 1. The van der Waals surface area contributed by atoms with Crippen molar-refractivity contribution >= 4 is 44.1 Å². The predicted molar refractivity (Wildman–Crippen MR) is 93.2 cm³/mol. The maximum Gasteiger partial charge on any atom is 0.262 e. The molecule has 0 fully saturated rings. The van der Waals surface area contributed by atoms with Crippen LogP contribution < -0.4 is 5.32 Å². The summed E-state index contributed by atoms with van der Waals surface area (Å²) >= 11 is 9.49. The fourth-order valence-corrected chi connectivity index (χ4v) is 3.01. The molecule has 0 radical (unpaired) electrons. The summed E-state index contributed by atoms with van der Waals surface area (Å²) in [6, 6.07) is 9.15. The second kappa shape index (κ2) is 6.99. The second-order valence-electron chi connectivity index (χ2n) is 5.12. The lowest BCUT2D eigenvalue weighted by atomic mass is 10.1. The third-order valence-corrected chi connectivity index (χ3v) is 4.36. The van der Waals surface area contributed by atoms with Crippen molar-refractivity contribution in [3.63, 3.8) is 0 Å². The number of fused-ring (bicyclic) bond motifs is 1. The molecule has 124 valence electrons. The van der Waals surface area contributed by atoms with Gasteiger partial charge in [-0.05, 0) is 24.3 Å². The van der Waals surface area contributed by atoms with Crippen molar-refractivity contribution in [1.82, 2.24) is 4.98 Å². The first-order chi connectivity index (χ1) is 11.5. The number of rotatable bonds is 4. The maximum atomic E-state index is 14.0. The summed E-state index contributed by atoms with van der Waals surface area (Å²) in [6.45, 7) is 0. The number of benzene rings is 2. The Bertz CT molecular complexity index is 884. The highest BCUT2D eigenvalue weighted by molar-refractivity contribution is 9.10. The van der Waals surface area contributed by atoms with E-state index >= 15 is 0 Å². The molecule has 0 amide bonds. The van der Waals surface area contributed by atoms with Crippen LogP contribution in [0.1, 0.15) is 11.6 Å². The number of nitrogens with zero attached hydrogens (tertiary/aromatic N) is 1. The summed E-state index contributed by atoms with van der Waals surface area (Å²) in [7, 11) is 0. The van der Waals surface area contributed by atoms with Gasteiger partial charge in [-0.25, -0.2) is 13.2 Å². The van der Waals surface area contributed by atoms with Crippen molar-refractivity contribution in [3.8, 4) is 0 Å². The Labute approximate surface area is 149 Å². The van der Waals surface area contributed by atoms with Crippen LogP contribution in [0.25, 0.3) is 10.9 Å². The third kappa shape index (κ3) is 3.35. The van der Waals surface area contributed by atoms with Gasteiger partial charge in [-0.15, -0.1) is 0 Å². The zero-order chi connectivity index (χ0) is 17.3. The van der Waals surface area contributed by atoms with E-state index in [0.29, 0.717) is 10.9 Å². The number of aromatic nitrogens is 1. The zero-order valence-corrected chi connectivity index (χ0v) is 14.5. The van der Waals surface area contributed by atoms with E-state index in [-0.39, 0.29) is 16.3 Å². The Morgan fingerprint density at radius 3 is 2.58 bits per heavy atom. The van der Waals surface area contributed by atoms with Crippen molar-refractivity contribution in [2.45, 2.75) is 12.5 Å². The number of nitrogens with one attached hydrogen (secondary N) is 1. The molecule has 2 aromatic carbocycles. The SMILES string of the molecule is Fc1ccccc1[C@H](Nc1c(Cl)cnc2ccc(Br)cc12)C(F)F. The molecule has 0 aliphatic rings. The molecule has 1 N–H and O–H groups in total. The first-order valence-corrected chi connectivity index (χ1v) is 8.17. The Morgan fingerprint density at radius 2 is 1.88 bits per heavy atom. The molecule has 1 atom stereocenters. The molecular formula is C17H11BrClF3N2. The van der Waals surface area contributed by atoms with Crippen molar-refractivity contribution in [2.24, 2.45) is 0 Å². The highest BCUT2D eigenvalue weighted by Gasteiger charge is 2.26. The number of anilines is 1. The van der Waals surface area contributed by atoms with Crippen molar-refractivity contribution < 1.29 is 13.2 Å². The largest absolute Gasteiger partial charge is 0.371 e. The summed E-state index contributed by atoms with van der Waals surface area (Å²) in [5, 5.41) is 3.44. The third-order valence-electron chi connectivity index (χ3n) is 3.58. The highest BCUT2D eigenvalue weighted by Crippen LogP contribution is 2.36. The fourth-order valence-electron chi connectivity index (χ4n) is 2.45. The molecule has 0 bridgehead atoms. The molecule has 0 aliphatic carbocycles. The van der Waals surface area contributed by atoms with Gasteiger partial charge in [0.15, 0.2) is 0 Å². The molecule has 3 rings (SSSR count). The van der Waals surface area contributed by atoms with E-state index in [9.17, 15) is 13.2 Å². The van der Waals surface area contributed by atoms with Gasteiger partial charge >= 0.3 is 0 Å². The molecule has 0 spiro atoms. The lowest BCUT2D eigenvalue weighted by Crippen LogP contribution is -2.20. The van der Waals surface area contributed by atoms with E-state index < -0.39 is 18.3 Å². The van der Waals surface area contributed by atoms with Gasteiger partial charge in [0.1, 0.15) is 11.9 Å². The molecule has 24 heavy (non-hydrogen) atoms. The minimum atomic E-state index is -2.83. The van der Waals surface area contributed by atoms with Crippen LogP contribution in [-0.2, 0) is 0 Å². The van der Waals surface area contributed by atoms with Gasteiger partial charge in [-0.1, -0.05) is 45.7 Å². The van der Waals surface area contributed by atoms with Crippen LogP contribution in [-0.4, -0.2) is 11.4 Å². The first-order valence-electron chi connectivity index (χ1n) is 7.00. The van der Waals surface area contributed by atoms with Crippen LogP contribution in [0.4, 0.5) is 18.9 Å². The summed E-state index contributed by atoms with van der Waals surface area (Å²) in [4.78, 5) is 4.17. The van der Waals surface area contributed by atoms with Gasteiger partial charge in [-0.2, -0.15) is 0 Å². The standard InChI is InChI=1S/C17H11BrClF3N2/c18-9-5-6-14-11(7-9)15(12(19)8-23-14)24-16(17(21)22)10-3-1-2-4-13(10)20/h1-8,16-17H,(H,23,24)/t16-/m0/s1. The molecule has 0 unspecified atom stereocenters. The Hall–Kier alpha value is -1.79. The summed E-state index contributed by atoms with van der Waals surface area (Å²) < 4.78 is 41.8. The van der Waals surface area contributed by atoms with E-state index in [4.69, 9.17) is 11.6 Å². The Kier molecular flexibility index (Phi) is 4.96. The van der Waals surface area contributed by atoms with Crippen LogP contribution in [0.15, 0.2) is 53.1 Å². The monoisotopic (exact) mass is 414 g/mol. The van der Waals surface area contributed by atoms with Crippen LogP contribution >= 0.6 is 27.5 Å². The summed E-state index contributed by atoms with van der Waals surface area (Å²) in [6.07, 6.45) is -1.45. The van der Waals surface area contributed by atoms with Gasteiger partial charge in [0.05, 0.1) is 16.2 Å². The van der Waals surface area contributed by atoms with Crippen molar-refractivity contribution in [1.29, 1.82) is 0 Å². The topological polar surface area (TPSA) is 24.9 Å². The number of pyridine rings is 1. The molecule has 1 heterocycles. The van der Waals surface area contributed by atoms with Gasteiger partial charge in [0, 0.05) is 21.6 Å². The summed E-state index contributed by atoms with van der Waals surface area (Å²) in [5.74, 6) is -0.703. The van der Waals surface area contributed by atoms with Gasteiger partial charge in [0.25, 0.3) is 6.43 Å². The zero-order valence-electron chi connectivity index (χ0n) is 12.1. The summed E-state index contributed by atoms with van der Waals surface area (Å²) in [5.41, 5.74) is 0.756. The van der Waals surface area contributed by atoms with E-state index in [1.54, 1.807) is 18.2 Å². The van der Waals surface area contributed by atoms with Gasteiger partial charge in [0.2, 0.25) is 0 Å². The number of alkyl halides is 2. The van der Waals surface area contributed by atoms with E-state index in [2.05, 4.69) is 26.2 Å². The molecule has 0 aliphatic heterocycles. The Morgan fingerprint density at radius 1 is 1.12 bits per heavy atom. The van der Waals surface area contributed by atoms with E-state index in [0.717, 1.165) is 10.5 Å². The average molecular weight is 416 g/mol. The molecule has 7 heteroatoms. The van der Waals surface area contributed by atoms with Crippen molar-refractivity contribution in [3.05, 3.63) is 69.5 Å². The highest BCUT2D eigenvalue weighted by atomic mass is 79.9. The molecule has 3 aromatic rings. The van der Waals surface area contributed by atoms with E-state index in [1.807, 2.05) is 0 Å². The minimum Gasteiger partial charge on any atom is -0.371 e. The predicted octanol–water partition coefficient (Wildman–Crippen LogP) is 6.21. The second-order valence-corrected chi connectivity index (χ2v) is 6.44. The van der Waals surface area contributed by atoms with Crippen LogP contribution in [0.2, 0.25) is 5.02 Å². The van der Waals surface area contributed by atoms with E-state index in [1.165, 1.54) is 24.4 Å². The quantitative estimate of drug-likeness (QED) is 0.548.